The van der Waals surface area contributed by atoms with Gasteiger partial charge in [0.2, 0.25) is 5.88 Å². The van der Waals surface area contributed by atoms with Crippen LogP contribution in [0.5, 0.6) is 5.88 Å². The molecule has 5 nitrogen and oxygen atoms in total. The second-order valence-electron chi connectivity index (χ2n) is 4.78. The number of halogens is 1. The van der Waals surface area contributed by atoms with Crippen LogP contribution in [-0.4, -0.2) is 26.5 Å². The molecule has 0 spiro atoms. The minimum atomic E-state index is 0.399. The molecule has 6 heteroatoms. The molecule has 4 rings (SSSR count). The van der Waals surface area contributed by atoms with Crippen LogP contribution in [0.2, 0.25) is 5.15 Å². The lowest BCUT2D eigenvalue weighted by Gasteiger charge is -2.06. The summed E-state index contributed by atoms with van der Waals surface area (Å²) in [6, 6.07) is 13.4. The van der Waals surface area contributed by atoms with Crippen molar-refractivity contribution in [3.8, 4) is 17.1 Å². The maximum Gasteiger partial charge on any atom is 0.215 e. The van der Waals surface area contributed by atoms with Gasteiger partial charge in [-0.05, 0) is 6.07 Å². The van der Waals surface area contributed by atoms with E-state index < -0.39 is 0 Å². The molecule has 0 unspecified atom stereocenters. The summed E-state index contributed by atoms with van der Waals surface area (Å²) in [4.78, 5) is 13.4. The number of rotatable bonds is 2. The Balaban J connectivity index is 2.09. The highest BCUT2D eigenvalue weighted by Crippen LogP contribution is 2.30. The smallest absolute Gasteiger partial charge is 0.215 e. The largest absolute Gasteiger partial charge is 0.481 e. The van der Waals surface area contributed by atoms with E-state index in [9.17, 15) is 0 Å². The number of hydrogen-bond donors (Lipinski definition) is 0. The molecule has 0 radical (unpaired) electrons. The molecule has 0 aliphatic carbocycles. The van der Waals surface area contributed by atoms with E-state index in [1.54, 1.807) is 19.5 Å². The average Bonchev–Trinajstić information content (AvgIpc) is 3.01. The van der Waals surface area contributed by atoms with Crippen molar-refractivity contribution in [1.82, 2.24) is 19.4 Å². The average molecular weight is 311 g/mol. The number of hydrogen-bond acceptors (Lipinski definition) is 4. The number of imidazole rings is 1. The maximum atomic E-state index is 6.38. The van der Waals surface area contributed by atoms with Crippen LogP contribution in [0.3, 0.4) is 0 Å². The number of benzene rings is 1. The lowest BCUT2D eigenvalue weighted by molar-refractivity contribution is 0.399. The van der Waals surface area contributed by atoms with E-state index >= 15 is 0 Å². The van der Waals surface area contributed by atoms with Crippen LogP contribution in [0.15, 0.2) is 48.8 Å². The van der Waals surface area contributed by atoms with Gasteiger partial charge in [0.15, 0.2) is 10.8 Å². The minimum Gasteiger partial charge on any atom is -0.481 e. The SMILES string of the molecule is COc1ccc2nc(Cl)c3c(-c4ccccc4)ncn3c2n1. The van der Waals surface area contributed by atoms with Crippen molar-refractivity contribution in [3.63, 3.8) is 0 Å². The zero-order valence-electron chi connectivity index (χ0n) is 11.7. The topological polar surface area (TPSA) is 52.3 Å². The Morgan fingerprint density at radius 2 is 1.86 bits per heavy atom. The van der Waals surface area contributed by atoms with Gasteiger partial charge in [-0.2, -0.15) is 4.98 Å². The fraction of sp³-hybridized carbons (Fsp3) is 0.0625. The van der Waals surface area contributed by atoms with Crippen molar-refractivity contribution in [1.29, 1.82) is 0 Å². The van der Waals surface area contributed by atoms with Gasteiger partial charge in [0, 0.05) is 11.6 Å². The highest BCUT2D eigenvalue weighted by Gasteiger charge is 2.15. The lowest BCUT2D eigenvalue weighted by Crippen LogP contribution is -1.96. The molecule has 0 atom stereocenters. The van der Waals surface area contributed by atoms with Crippen LogP contribution >= 0.6 is 11.6 Å². The van der Waals surface area contributed by atoms with Crippen molar-refractivity contribution >= 4 is 28.3 Å². The van der Waals surface area contributed by atoms with Gasteiger partial charge < -0.3 is 4.74 Å². The number of ether oxygens (including phenoxy) is 1. The van der Waals surface area contributed by atoms with Crippen LogP contribution in [0.25, 0.3) is 27.9 Å². The molecule has 3 aromatic heterocycles. The van der Waals surface area contributed by atoms with E-state index in [0.29, 0.717) is 22.2 Å². The maximum absolute atomic E-state index is 6.38. The number of methoxy groups -OCH3 is 1. The van der Waals surface area contributed by atoms with E-state index in [-0.39, 0.29) is 0 Å². The van der Waals surface area contributed by atoms with Crippen molar-refractivity contribution in [2.45, 2.75) is 0 Å². The quantitative estimate of drug-likeness (QED) is 0.567. The van der Waals surface area contributed by atoms with E-state index in [2.05, 4.69) is 15.0 Å². The first-order valence-corrected chi connectivity index (χ1v) is 7.08. The monoisotopic (exact) mass is 310 g/mol. The molecular formula is C16H11ClN4O. The second kappa shape index (κ2) is 4.96. The number of fused-ring (bicyclic) bond motifs is 3. The third-order valence-corrected chi connectivity index (χ3v) is 3.76. The van der Waals surface area contributed by atoms with Crippen molar-refractivity contribution in [2.24, 2.45) is 0 Å². The molecule has 0 saturated carbocycles. The van der Waals surface area contributed by atoms with Crippen LogP contribution < -0.4 is 4.74 Å². The molecule has 1 aromatic carbocycles. The summed E-state index contributed by atoms with van der Waals surface area (Å²) in [5.41, 5.74) is 3.85. The summed E-state index contributed by atoms with van der Waals surface area (Å²) in [5, 5.41) is 0.399. The molecular weight excluding hydrogens is 300 g/mol. The van der Waals surface area contributed by atoms with Gasteiger partial charge in [0.05, 0.1) is 12.8 Å². The molecule has 0 aliphatic heterocycles. The Morgan fingerprint density at radius 1 is 1.05 bits per heavy atom. The molecule has 0 fully saturated rings. The zero-order chi connectivity index (χ0) is 15.1. The third-order valence-electron chi connectivity index (χ3n) is 3.50. The summed E-state index contributed by atoms with van der Waals surface area (Å²) >= 11 is 6.38. The Morgan fingerprint density at radius 3 is 2.64 bits per heavy atom. The van der Waals surface area contributed by atoms with Crippen LogP contribution in [0, 0.1) is 0 Å². The fourth-order valence-electron chi connectivity index (χ4n) is 2.47. The molecule has 22 heavy (non-hydrogen) atoms. The number of pyridine rings is 1. The first-order chi connectivity index (χ1) is 10.8. The van der Waals surface area contributed by atoms with Crippen molar-refractivity contribution in [3.05, 3.63) is 53.9 Å². The molecule has 4 aromatic rings. The van der Waals surface area contributed by atoms with Gasteiger partial charge in [-0.3, -0.25) is 4.40 Å². The fourth-order valence-corrected chi connectivity index (χ4v) is 2.75. The Hall–Kier alpha value is -2.66. The molecule has 0 N–H and O–H groups in total. The van der Waals surface area contributed by atoms with E-state index in [1.165, 1.54) is 0 Å². The van der Waals surface area contributed by atoms with Gasteiger partial charge in [-0.1, -0.05) is 41.9 Å². The van der Waals surface area contributed by atoms with Gasteiger partial charge >= 0.3 is 0 Å². The molecule has 3 heterocycles. The molecule has 0 amide bonds. The van der Waals surface area contributed by atoms with E-state index in [4.69, 9.17) is 16.3 Å². The number of nitrogens with zero attached hydrogens (tertiary/aromatic N) is 4. The molecule has 0 bridgehead atoms. The normalized spacial score (nSPS) is 11.2. The van der Waals surface area contributed by atoms with Crippen LogP contribution in [0.4, 0.5) is 0 Å². The summed E-state index contributed by atoms with van der Waals surface area (Å²) in [6.07, 6.45) is 1.71. The second-order valence-corrected chi connectivity index (χ2v) is 5.13. The van der Waals surface area contributed by atoms with Gasteiger partial charge in [-0.25, -0.2) is 9.97 Å². The minimum absolute atomic E-state index is 0.399. The Bertz CT molecular complexity index is 982. The van der Waals surface area contributed by atoms with Crippen LogP contribution in [-0.2, 0) is 0 Å². The first-order valence-electron chi connectivity index (χ1n) is 6.70. The molecule has 0 saturated heterocycles. The predicted molar refractivity (Wildman–Crippen MR) is 85.3 cm³/mol. The summed E-state index contributed by atoms with van der Waals surface area (Å²) in [6.45, 7) is 0. The van der Waals surface area contributed by atoms with Gasteiger partial charge in [0.1, 0.15) is 17.4 Å². The first kappa shape index (κ1) is 13.0. The van der Waals surface area contributed by atoms with Gasteiger partial charge in [-0.15, -0.1) is 0 Å². The zero-order valence-corrected chi connectivity index (χ0v) is 12.4. The van der Waals surface area contributed by atoms with E-state index in [0.717, 1.165) is 16.8 Å². The van der Waals surface area contributed by atoms with Gasteiger partial charge in [0.25, 0.3) is 0 Å². The highest BCUT2D eigenvalue weighted by atomic mass is 35.5. The molecule has 0 aliphatic rings. The Kier molecular flexibility index (Phi) is 2.94. The summed E-state index contributed by atoms with van der Waals surface area (Å²) in [7, 11) is 1.58. The van der Waals surface area contributed by atoms with Crippen LogP contribution in [0.1, 0.15) is 0 Å². The number of aromatic nitrogens is 4. The van der Waals surface area contributed by atoms with Crippen molar-refractivity contribution < 1.29 is 4.74 Å². The standard InChI is InChI=1S/C16H11ClN4O/c1-22-12-8-7-11-16(20-12)21-9-18-13(14(21)15(17)19-11)10-5-3-2-4-6-10/h2-9H,1H3. The summed E-state index contributed by atoms with van der Waals surface area (Å²) in [5.74, 6) is 0.521. The third kappa shape index (κ3) is 1.90. The summed E-state index contributed by atoms with van der Waals surface area (Å²) < 4.78 is 7.03. The highest BCUT2D eigenvalue weighted by molar-refractivity contribution is 6.33. The Labute approximate surface area is 131 Å². The molecule has 108 valence electrons. The lowest BCUT2D eigenvalue weighted by atomic mass is 10.1. The van der Waals surface area contributed by atoms with Crippen molar-refractivity contribution in [2.75, 3.05) is 7.11 Å². The predicted octanol–water partition coefficient (Wildman–Crippen LogP) is 3.61. The van der Waals surface area contributed by atoms with E-state index in [1.807, 2.05) is 40.8 Å².